The minimum atomic E-state index is -3.71. The summed E-state index contributed by atoms with van der Waals surface area (Å²) in [5.41, 5.74) is 1.35. The molecule has 0 amide bonds. The lowest BCUT2D eigenvalue weighted by Gasteiger charge is -2.07. The molecule has 2 heterocycles. The molecule has 0 radical (unpaired) electrons. The molecule has 6 nitrogen and oxygen atoms in total. The van der Waals surface area contributed by atoms with Crippen molar-refractivity contribution >= 4 is 44.6 Å². The SMILES string of the molecule is O=C(CCc1ccc(S(=O)(=O)c2ccc(Cl)c(Cl)c2)cc1)c1cnc2nccn2c1. The summed E-state index contributed by atoms with van der Waals surface area (Å²) in [6.07, 6.45) is 7.31. The van der Waals surface area contributed by atoms with Gasteiger partial charge in [-0.2, -0.15) is 0 Å². The van der Waals surface area contributed by atoms with Crippen molar-refractivity contribution < 1.29 is 13.2 Å². The van der Waals surface area contributed by atoms with Crippen LogP contribution in [0.25, 0.3) is 5.78 Å². The van der Waals surface area contributed by atoms with Gasteiger partial charge in [-0.1, -0.05) is 35.3 Å². The summed E-state index contributed by atoms with van der Waals surface area (Å²) in [4.78, 5) is 20.9. The summed E-state index contributed by atoms with van der Waals surface area (Å²) in [5.74, 6) is 0.482. The third kappa shape index (κ3) is 4.09. The number of nitrogens with zero attached hydrogens (tertiary/aromatic N) is 3. The van der Waals surface area contributed by atoms with Crippen LogP contribution in [0.2, 0.25) is 10.0 Å². The summed E-state index contributed by atoms with van der Waals surface area (Å²) < 4.78 is 27.2. The van der Waals surface area contributed by atoms with E-state index in [-0.39, 0.29) is 32.0 Å². The molecule has 0 fully saturated rings. The lowest BCUT2D eigenvalue weighted by Crippen LogP contribution is -2.05. The second-order valence-corrected chi connectivity index (χ2v) is 9.39. The Hall–Kier alpha value is -2.74. The Kier molecular flexibility index (Phi) is 5.60. The van der Waals surface area contributed by atoms with Crippen LogP contribution in [0.15, 0.2) is 77.0 Å². The number of imidazole rings is 1. The van der Waals surface area contributed by atoms with E-state index in [2.05, 4.69) is 9.97 Å². The zero-order valence-corrected chi connectivity index (χ0v) is 17.8. The fraction of sp³-hybridized carbons (Fsp3) is 0.0952. The zero-order valence-electron chi connectivity index (χ0n) is 15.5. The van der Waals surface area contributed by atoms with Crippen LogP contribution in [0.3, 0.4) is 0 Å². The average Bonchev–Trinajstić information content (AvgIpc) is 3.22. The second-order valence-electron chi connectivity index (χ2n) is 6.62. The fourth-order valence-electron chi connectivity index (χ4n) is 2.98. The minimum Gasteiger partial charge on any atom is -0.294 e. The summed E-state index contributed by atoms with van der Waals surface area (Å²) in [6.45, 7) is 0. The van der Waals surface area contributed by atoms with Gasteiger partial charge in [0.25, 0.3) is 0 Å². The van der Waals surface area contributed by atoms with E-state index in [9.17, 15) is 13.2 Å². The van der Waals surface area contributed by atoms with Gasteiger partial charge in [-0.3, -0.25) is 9.20 Å². The highest BCUT2D eigenvalue weighted by molar-refractivity contribution is 7.91. The number of rotatable bonds is 6. The highest BCUT2D eigenvalue weighted by Crippen LogP contribution is 2.28. The van der Waals surface area contributed by atoms with Gasteiger partial charge in [-0.05, 0) is 42.3 Å². The first kappa shape index (κ1) is 20.5. The lowest BCUT2D eigenvalue weighted by molar-refractivity contribution is 0.0982. The molecular weight excluding hydrogens is 445 g/mol. The molecule has 0 bridgehead atoms. The van der Waals surface area contributed by atoms with Crippen LogP contribution in [0.1, 0.15) is 22.3 Å². The molecule has 0 aliphatic heterocycles. The number of hydrogen-bond donors (Lipinski definition) is 0. The largest absolute Gasteiger partial charge is 0.294 e. The summed E-state index contributed by atoms with van der Waals surface area (Å²) in [6, 6.07) is 10.7. The number of carbonyl (C=O) groups is 1. The van der Waals surface area contributed by atoms with Gasteiger partial charge in [0.2, 0.25) is 15.6 Å². The average molecular weight is 460 g/mol. The molecule has 0 aliphatic carbocycles. The van der Waals surface area contributed by atoms with Gasteiger partial charge < -0.3 is 0 Å². The Balaban J connectivity index is 1.46. The van der Waals surface area contributed by atoms with Crippen LogP contribution < -0.4 is 0 Å². The van der Waals surface area contributed by atoms with Crippen molar-refractivity contribution in [1.82, 2.24) is 14.4 Å². The summed E-state index contributed by atoms with van der Waals surface area (Å²) in [7, 11) is -3.71. The van der Waals surface area contributed by atoms with Crippen LogP contribution in [0.4, 0.5) is 0 Å². The molecule has 0 unspecified atom stereocenters. The predicted octanol–water partition coefficient (Wildman–Crippen LogP) is 4.68. The van der Waals surface area contributed by atoms with Gasteiger partial charge in [-0.25, -0.2) is 18.4 Å². The molecule has 30 heavy (non-hydrogen) atoms. The van der Waals surface area contributed by atoms with Crippen LogP contribution >= 0.6 is 23.2 Å². The molecule has 0 N–H and O–H groups in total. The van der Waals surface area contributed by atoms with Crippen LogP contribution in [-0.2, 0) is 16.3 Å². The number of benzene rings is 2. The van der Waals surface area contributed by atoms with E-state index in [1.165, 1.54) is 36.5 Å². The van der Waals surface area contributed by atoms with Gasteiger partial charge in [0, 0.05) is 31.2 Å². The van der Waals surface area contributed by atoms with Gasteiger partial charge >= 0.3 is 0 Å². The van der Waals surface area contributed by atoms with E-state index in [1.54, 1.807) is 35.1 Å². The molecule has 0 aliphatic rings. The maximum atomic E-state index is 12.8. The number of aryl methyl sites for hydroxylation is 1. The van der Waals surface area contributed by atoms with Gasteiger partial charge in [-0.15, -0.1) is 0 Å². The molecule has 0 spiro atoms. The Labute approximate surface area is 183 Å². The number of aromatic nitrogens is 3. The summed E-state index contributed by atoms with van der Waals surface area (Å²) >= 11 is 11.8. The Morgan fingerprint density at radius 3 is 2.43 bits per heavy atom. The quantitative estimate of drug-likeness (QED) is 0.390. The van der Waals surface area contributed by atoms with Crippen LogP contribution in [-0.4, -0.2) is 28.6 Å². The second kappa shape index (κ2) is 8.18. The molecule has 4 aromatic rings. The van der Waals surface area contributed by atoms with E-state index in [4.69, 9.17) is 23.2 Å². The molecule has 2 aromatic carbocycles. The van der Waals surface area contributed by atoms with Crippen molar-refractivity contribution in [3.05, 3.63) is 88.4 Å². The van der Waals surface area contributed by atoms with Crippen molar-refractivity contribution in [1.29, 1.82) is 0 Å². The molecule has 9 heteroatoms. The Morgan fingerprint density at radius 1 is 0.967 bits per heavy atom. The van der Waals surface area contributed by atoms with E-state index >= 15 is 0 Å². The van der Waals surface area contributed by atoms with Crippen molar-refractivity contribution in [3.8, 4) is 0 Å². The summed E-state index contributed by atoms with van der Waals surface area (Å²) in [5, 5.41) is 0.467. The molecule has 0 saturated heterocycles. The molecule has 0 atom stereocenters. The van der Waals surface area contributed by atoms with Gasteiger partial charge in [0.1, 0.15) is 0 Å². The highest BCUT2D eigenvalue weighted by atomic mass is 35.5. The normalized spacial score (nSPS) is 11.7. The van der Waals surface area contributed by atoms with Crippen molar-refractivity contribution in [2.45, 2.75) is 22.6 Å². The smallest absolute Gasteiger partial charge is 0.233 e. The van der Waals surface area contributed by atoms with Crippen molar-refractivity contribution in [2.75, 3.05) is 0 Å². The van der Waals surface area contributed by atoms with Crippen molar-refractivity contribution in [3.63, 3.8) is 0 Å². The first-order valence-electron chi connectivity index (χ1n) is 8.95. The van der Waals surface area contributed by atoms with Gasteiger partial charge in [0.15, 0.2) is 5.78 Å². The Bertz CT molecular complexity index is 1350. The first-order valence-corrected chi connectivity index (χ1v) is 11.2. The number of hydrogen-bond acceptors (Lipinski definition) is 5. The standard InChI is InChI=1S/C21H15Cl2N3O3S/c22-18-7-6-17(11-19(18)23)30(28,29)16-4-1-14(2-5-16)3-8-20(27)15-12-25-21-24-9-10-26(21)13-15/h1-2,4-7,9-13H,3,8H2. The molecular formula is C21H15Cl2N3O3S. The molecule has 0 saturated carbocycles. The third-order valence-electron chi connectivity index (χ3n) is 4.64. The third-order valence-corrected chi connectivity index (χ3v) is 7.15. The van der Waals surface area contributed by atoms with Gasteiger partial charge in [0.05, 0.1) is 25.4 Å². The molecule has 4 rings (SSSR count). The minimum absolute atomic E-state index is 0.0504. The topological polar surface area (TPSA) is 81.4 Å². The number of carbonyl (C=O) groups excluding carboxylic acids is 1. The number of sulfone groups is 1. The van der Waals surface area contributed by atoms with Crippen LogP contribution in [0.5, 0.6) is 0 Å². The monoisotopic (exact) mass is 459 g/mol. The number of Topliss-reactive ketones (excluding diaryl/α,β-unsaturated/α-hetero) is 1. The van der Waals surface area contributed by atoms with Crippen LogP contribution in [0, 0.1) is 0 Å². The lowest BCUT2D eigenvalue weighted by atomic mass is 10.0. The van der Waals surface area contributed by atoms with Crippen molar-refractivity contribution in [2.24, 2.45) is 0 Å². The molecule has 152 valence electrons. The first-order chi connectivity index (χ1) is 14.3. The maximum absolute atomic E-state index is 12.8. The highest BCUT2D eigenvalue weighted by Gasteiger charge is 2.19. The van der Waals surface area contributed by atoms with E-state index in [0.29, 0.717) is 17.8 Å². The Morgan fingerprint density at radius 2 is 1.70 bits per heavy atom. The number of halogens is 2. The number of fused-ring (bicyclic) bond motifs is 1. The predicted molar refractivity (Wildman–Crippen MR) is 114 cm³/mol. The zero-order chi connectivity index (χ0) is 21.3. The van der Waals surface area contributed by atoms with E-state index in [1.807, 2.05) is 0 Å². The van der Waals surface area contributed by atoms with E-state index < -0.39 is 9.84 Å². The number of ketones is 1. The van der Waals surface area contributed by atoms with E-state index in [0.717, 1.165) is 5.56 Å². The fourth-order valence-corrected chi connectivity index (χ4v) is 4.63. The maximum Gasteiger partial charge on any atom is 0.233 e. The molecule has 2 aromatic heterocycles.